The zero-order valence-corrected chi connectivity index (χ0v) is 15.5. The molecule has 0 aliphatic heterocycles. The molecule has 0 fully saturated rings. The Bertz CT molecular complexity index is 1090. The number of carbonyl (C=O) groups is 1. The molecule has 132 valence electrons. The van der Waals surface area contributed by atoms with Gasteiger partial charge in [0.1, 0.15) is 0 Å². The van der Waals surface area contributed by atoms with E-state index in [1.165, 1.54) is 11.8 Å². The van der Waals surface area contributed by atoms with Gasteiger partial charge in [0.15, 0.2) is 5.16 Å². The van der Waals surface area contributed by atoms with Crippen molar-refractivity contribution in [1.29, 1.82) is 0 Å². The summed E-state index contributed by atoms with van der Waals surface area (Å²) in [7, 11) is 0. The van der Waals surface area contributed by atoms with E-state index in [0.717, 1.165) is 16.6 Å². The van der Waals surface area contributed by atoms with Gasteiger partial charge in [0.05, 0.1) is 22.8 Å². The van der Waals surface area contributed by atoms with Crippen molar-refractivity contribution in [1.82, 2.24) is 24.9 Å². The number of H-pyrrole nitrogens is 1. The molecule has 1 amide bonds. The summed E-state index contributed by atoms with van der Waals surface area (Å²) in [5.74, 6) is 0.863. The lowest BCUT2D eigenvalue weighted by Crippen LogP contribution is -2.28. The summed E-state index contributed by atoms with van der Waals surface area (Å²) < 4.78 is 1.92. The van der Waals surface area contributed by atoms with E-state index >= 15 is 0 Å². The van der Waals surface area contributed by atoms with Gasteiger partial charge < -0.3 is 5.32 Å². The Labute approximate surface area is 159 Å². The van der Waals surface area contributed by atoms with Crippen molar-refractivity contribution in [2.24, 2.45) is 0 Å². The third-order valence-corrected chi connectivity index (χ3v) is 5.24. The fourth-order valence-electron chi connectivity index (χ4n) is 2.81. The van der Waals surface area contributed by atoms with Crippen molar-refractivity contribution >= 4 is 46.1 Å². The molecule has 2 heterocycles. The van der Waals surface area contributed by atoms with Crippen LogP contribution < -0.4 is 5.32 Å². The van der Waals surface area contributed by atoms with E-state index in [4.69, 9.17) is 11.6 Å². The smallest absolute Gasteiger partial charge is 0.231 e. The first-order valence-corrected chi connectivity index (χ1v) is 9.47. The van der Waals surface area contributed by atoms with Crippen LogP contribution in [0.15, 0.2) is 53.7 Å². The fraction of sp³-hybridized carbons (Fsp3) is 0.167. The van der Waals surface area contributed by atoms with E-state index in [-0.39, 0.29) is 17.7 Å². The summed E-state index contributed by atoms with van der Waals surface area (Å²) in [5, 5.41) is 11.5. The van der Waals surface area contributed by atoms with Gasteiger partial charge in [-0.25, -0.2) is 10.1 Å². The number of halogens is 1. The number of aromatic nitrogens is 4. The second-order valence-corrected chi connectivity index (χ2v) is 7.28. The van der Waals surface area contributed by atoms with Crippen LogP contribution in [0, 0.1) is 0 Å². The Morgan fingerprint density at radius 2 is 2.15 bits per heavy atom. The largest absolute Gasteiger partial charge is 0.349 e. The van der Waals surface area contributed by atoms with Gasteiger partial charge in [0.2, 0.25) is 11.7 Å². The number of nitrogens with zero attached hydrogens (tertiary/aromatic N) is 3. The summed E-state index contributed by atoms with van der Waals surface area (Å²) in [4.78, 5) is 16.8. The second kappa shape index (κ2) is 7.01. The molecule has 0 aliphatic rings. The van der Waals surface area contributed by atoms with Gasteiger partial charge >= 0.3 is 0 Å². The van der Waals surface area contributed by atoms with E-state index < -0.39 is 0 Å². The number of aromatic amines is 1. The van der Waals surface area contributed by atoms with E-state index in [1.807, 2.05) is 59.9 Å². The predicted molar refractivity (Wildman–Crippen MR) is 104 cm³/mol. The van der Waals surface area contributed by atoms with Crippen molar-refractivity contribution in [3.05, 3.63) is 59.1 Å². The third kappa shape index (κ3) is 3.27. The first-order chi connectivity index (χ1) is 12.6. The van der Waals surface area contributed by atoms with Crippen molar-refractivity contribution in [3.63, 3.8) is 0 Å². The molecule has 4 aromatic rings. The highest BCUT2D eigenvalue weighted by molar-refractivity contribution is 7.99. The lowest BCUT2D eigenvalue weighted by molar-refractivity contribution is -0.119. The van der Waals surface area contributed by atoms with Crippen LogP contribution in [0.5, 0.6) is 0 Å². The monoisotopic (exact) mass is 385 g/mol. The van der Waals surface area contributed by atoms with Gasteiger partial charge in [-0.1, -0.05) is 47.6 Å². The van der Waals surface area contributed by atoms with Gasteiger partial charge in [-0.05, 0) is 36.8 Å². The van der Waals surface area contributed by atoms with Crippen LogP contribution >= 0.6 is 23.4 Å². The number of hydrogen-bond donors (Lipinski definition) is 2. The van der Waals surface area contributed by atoms with Crippen LogP contribution in [-0.2, 0) is 4.79 Å². The number of rotatable bonds is 5. The molecule has 0 saturated carbocycles. The minimum absolute atomic E-state index is 0.0666. The van der Waals surface area contributed by atoms with E-state index in [9.17, 15) is 4.79 Å². The number of fused-ring (bicyclic) bond motifs is 3. The molecular formula is C18H16ClN5OS. The number of carbonyl (C=O) groups excluding carboxylic acids is 1. The van der Waals surface area contributed by atoms with Crippen LogP contribution in [0.4, 0.5) is 0 Å². The molecule has 2 aromatic heterocycles. The molecule has 4 rings (SSSR count). The number of thioether (sulfide) groups is 1. The van der Waals surface area contributed by atoms with Gasteiger partial charge in [-0.3, -0.25) is 9.20 Å². The number of nitrogens with one attached hydrogen (secondary N) is 2. The Morgan fingerprint density at radius 1 is 1.31 bits per heavy atom. The van der Waals surface area contributed by atoms with Gasteiger partial charge in [-0.2, -0.15) is 0 Å². The Balaban J connectivity index is 1.45. The Hall–Kier alpha value is -2.51. The average Bonchev–Trinajstić information content (AvgIpc) is 3.19. The van der Waals surface area contributed by atoms with E-state index in [2.05, 4.69) is 20.5 Å². The maximum Gasteiger partial charge on any atom is 0.231 e. The third-order valence-electron chi connectivity index (χ3n) is 4.06. The zero-order chi connectivity index (χ0) is 18.1. The summed E-state index contributed by atoms with van der Waals surface area (Å²) >= 11 is 7.38. The topological polar surface area (TPSA) is 75.1 Å². The lowest BCUT2D eigenvalue weighted by Gasteiger charge is -2.14. The molecule has 0 radical (unpaired) electrons. The van der Waals surface area contributed by atoms with Crippen molar-refractivity contribution in [3.8, 4) is 0 Å². The number of imidazole rings is 1. The molecule has 1 unspecified atom stereocenters. The minimum atomic E-state index is -0.116. The Morgan fingerprint density at radius 3 is 3.00 bits per heavy atom. The molecule has 0 aliphatic carbocycles. The highest BCUT2D eigenvalue weighted by Crippen LogP contribution is 2.23. The molecule has 6 nitrogen and oxygen atoms in total. The first kappa shape index (κ1) is 16.9. The lowest BCUT2D eigenvalue weighted by atomic mass is 10.1. The molecule has 1 atom stereocenters. The maximum absolute atomic E-state index is 12.3. The predicted octanol–water partition coefficient (Wildman–Crippen LogP) is 3.83. The number of benzene rings is 2. The maximum atomic E-state index is 12.3. The van der Waals surface area contributed by atoms with Crippen molar-refractivity contribution in [2.45, 2.75) is 18.1 Å². The molecule has 0 saturated heterocycles. The second-order valence-electron chi connectivity index (χ2n) is 5.90. The summed E-state index contributed by atoms with van der Waals surface area (Å²) in [6.45, 7) is 1.93. The molecular weight excluding hydrogens is 370 g/mol. The number of para-hydroxylation sites is 2. The molecule has 0 bridgehead atoms. The highest BCUT2D eigenvalue weighted by Gasteiger charge is 2.15. The van der Waals surface area contributed by atoms with E-state index in [1.54, 1.807) is 0 Å². The van der Waals surface area contributed by atoms with Crippen LogP contribution in [0.3, 0.4) is 0 Å². The van der Waals surface area contributed by atoms with Crippen molar-refractivity contribution < 1.29 is 4.79 Å². The molecule has 8 heteroatoms. The fourth-order valence-corrected chi connectivity index (χ4v) is 3.78. The molecule has 0 spiro atoms. The average molecular weight is 386 g/mol. The van der Waals surface area contributed by atoms with Crippen molar-refractivity contribution in [2.75, 3.05) is 5.75 Å². The van der Waals surface area contributed by atoms with Crippen LogP contribution in [-0.4, -0.2) is 31.2 Å². The van der Waals surface area contributed by atoms with Gasteiger partial charge in [-0.15, -0.1) is 5.10 Å². The van der Waals surface area contributed by atoms with Crippen LogP contribution in [0.1, 0.15) is 18.5 Å². The summed E-state index contributed by atoms with van der Waals surface area (Å²) in [6, 6.07) is 15.2. The quantitative estimate of drug-likeness (QED) is 0.512. The minimum Gasteiger partial charge on any atom is -0.349 e. The number of amides is 1. The van der Waals surface area contributed by atoms with Crippen LogP contribution in [0.25, 0.3) is 16.8 Å². The molecule has 2 N–H and O–H groups in total. The molecule has 2 aromatic carbocycles. The van der Waals surface area contributed by atoms with Gasteiger partial charge in [0.25, 0.3) is 0 Å². The summed E-state index contributed by atoms with van der Waals surface area (Å²) in [6.07, 6.45) is 0. The van der Waals surface area contributed by atoms with Crippen LogP contribution in [0.2, 0.25) is 5.02 Å². The molecule has 26 heavy (non-hydrogen) atoms. The SMILES string of the molecule is CC(NC(=O)CSc1n[nH]c2nc3ccccc3n12)c1cccc(Cl)c1. The zero-order valence-electron chi connectivity index (χ0n) is 13.9. The number of hydrogen-bond acceptors (Lipinski definition) is 4. The summed E-state index contributed by atoms with van der Waals surface area (Å²) in [5.41, 5.74) is 2.83. The Kier molecular flexibility index (Phi) is 4.57. The standard InChI is InChI=1S/C18H16ClN5OS/c1-11(12-5-4-6-13(19)9-12)20-16(25)10-26-18-23-22-17-21-14-7-2-3-8-15(14)24(17)18/h2-9,11H,10H2,1H3,(H,20,25)(H,21,22). The normalized spacial score (nSPS) is 12.5. The van der Waals surface area contributed by atoms with Gasteiger partial charge in [0, 0.05) is 5.02 Å². The van der Waals surface area contributed by atoms with E-state index in [0.29, 0.717) is 16.0 Å². The highest BCUT2D eigenvalue weighted by atomic mass is 35.5. The first-order valence-electron chi connectivity index (χ1n) is 8.11.